The molecule has 14 heavy (non-hydrogen) atoms. The summed E-state index contributed by atoms with van der Waals surface area (Å²) in [5.41, 5.74) is 0. The lowest BCUT2D eigenvalue weighted by molar-refractivity contribution is -0.117. The zero-order valence-electron chi connectivity index (χ0n) is 9.33. The first-order valence-corrected chi connectivity index (χ1v) is 5.03. The summed E-state index contributed by atoms with van der Waals surface area (Å²) in [6, 6.07) is 0. The highest BCUT2D eigenvalue weighted by Gasteiger charge is 1.92. The van der Waals surface area contributed by atoms with Gasteiger partial charge in [-0.3, -0.25) is 4.79 Å². The van der Waals surface area contributed by atoms with Crippen molar-refractivity contribution >= 4 is 5.78 Å². The van der Waals surface area contributed by atoms with E-state index in [4.69, 9.17) is 5.11 Å². The summed E-state index contributed by atoms with van der Waals surface area (Å²) in [7, 11) is 0. The zero-order valence-corrected chi connectivity index (χ0v) is 9.33. The van der Waals surface area contributed by atoms with Crippen molar-refractivity contribution in [3.8, 4) is 0 Å². The van der Waals surface area contributed by atoms with Gasteiger partial charge in [-0.2, -0.15) is 0 Å². The normalized spacial score (nSPS) is 10.8. The van der Waals surface area contributed by atoms with Crippen molar-refractivity contribution in [3.05, 3.63) is 25.3 Å². The van der Waals surface area contributed by atoms with Crippen molar-refractivity contribution in [2.75, 3.05) is 0 Å². The predicted molar refractivity (Wildman–Crippen MR) is 61.2 cm³/mol. The standard InChI is InChI=1S/C6H12O.C6H10O/c2*1-3-5-6(7)4-2/h3,6-7H,1,4-5H2,2H3;3H,1,4-5H2,2H3. The molecule has 0 radical (unpaired) electrons. The molecule has 0 aliphatic carbocycles. The van der Waals surface area contributed by atoms with Gasteiger partial charge in [0.05, 0.1) is 6.10 Å². The van der Waals surface area contributed by atoms with Crippen LogP contribution in [0.3, 0.4) is 0 Å². The molecule has 1 atom stereocenters. The molecular weight excluding hydrogens is 176 g/mol. The van der Waals surface area contributed by atoms with Crippen molar-refractivity contribution < 1.29 is 9.90 Å². The number of Topliss-reactive ketones (excluding diaryl/α,β-unsaturated/α-hetero) is 1. The van der Waals surface area contributed by atoms with E-state index < -0.39 is 0 Å². The van der Waals surface area contributed by atoms with Crippen molar-refractivity contribution in [2.45, 2.75) is 45.6 Å². The molecule has 0 fully saturated rings. The number of hydrogen-bond acceptors (Lipinski definition) is 2. The van der Waals surface area contributed by atoms with Gasteiger partial charge in [-0.1, -0.05) is 26.0 Å². The molecule has 2 heteroatoms. The van der Waals surface area contributed by atoms with E-state index in [1.165, 1.54) is 0 Å². The van der Waals surface area contributed by atoms with Gasteiger partial charge in [0.1, 0.15) is 5.78 Å². The van der Waals surface area contributed by atoms with Crippen LogP contribution in [0.2, 0.25) is 0 Å². The van der Waals surface area contributed by atoms with Crippen molar-refractivity contribution in [3.63, 3.8) is 0 Å². The SMILES string of the molecule is C=CCC(=O)CC.C=CCC(O)CC. The molecule has 0 heterocycles. The average Bonchev–Trinajstić information content (AvgIpc) is 2.19. The number of carbonyl (C=O) groups is 1. The minimum absolute atomic E-state index is 0.169. The Morgan fingerprint density at radius 1 is 1.36 bits per heavy atom. The van der Waals surface area contributed by atoms with Crippen LogP contribution in [0.5, 0.6) is 0 Å². The van der Waals surface area contributed by atoms with Gasteiger partial charge in [0.25, 0.3) is 0 Å². The molecule has 0 aromatic rings. The van der Waals surface area contributed by atoms with E-state index in [9.17, 15) is 4.79 Å². The first-order valence-electron chi connectivity index (χ1n) is 5.03. The first kappa shape index (κ1) is 15.6. The van der Waals surface area contributed by atoms with E-state index in [0.717, 1.165) is 12.8 Å². The van der Waals surface area contributed by atoms with Crippen LogP contribution >= 0.6 is 0 Å². The highest BCUT2D eigenvalue weighted by Crippen LogP contribution is 1.94. The van der Waals surface area contributed by atoms with E-state index in [0.29, 0.717) is 12.8 Å². The van der Waals surface area contributed by atoms with Crippen LogP contribution in [0.25, 0.3) is 0 Å². The molecule has 0 amide bonds. The monoisotopic (exact) mass is 198 g/mol. The number of hydrogen-bond donors (Lipinski definition) is 1. The van der Waals surface area contributed by atoms with E-state index in [1.54, 1.807) is 12.2 Å². The summed E-state index contributed by atoms with van der Waals surface area (Å²) in [5.74, 6) is 0.259. The lowest BCUT2D eigenvalue weighted by Crippen LogP contribution is -2.00. The molecule has 0 bridgehead atoms. The molecule has 0 aromatic carbocycles. The van der Waals surface area contributed by atoms with Gasteiger partial charge >= 0.3 is 0 Å². The molecule has 0 saturated carbocycles. The van der Waals surface area contributed by atoms with Crippen LogP contribution < -0.4 is 0 Å². The molecule has 0 spiro atoms. The van der Waals surface area contributed by atoms with Gasteiger partial charge in [0, 0.05) is 12.8 Å². The Kier molecular flexibility index (Phi) is 13.5. The molecule has 0 saturated heterocycles. The molecule has 0 aliphatic rings. The molecule has 1 N–H and O–H groups in total. The largest absolute Gasteiger partial charge is 0.393 e. The highest BCUT2D eigenvalue weighted by molar-refractivity contribution is 5.79. The Balaban J connectivity index is 0. The fourth-order valence-electron chi connectivity index (χ4n) is 0.664. The van der Waals surface area contributed by atoms with Gasteiger partial charge in [-0.25, -0.2) is 0 Å². The summed E-state index contributed by atoms with van der Waals surface area (Å²) in [5, 5.41) is 8.79. The van der Waals surface area contributed by atoms with Crippen LogP contribution in [0.4, 0.5) is 0 Å². The number of aliphatic hydroxyl groups excluding tert-OH is 1. The van der Waals surface area contributed by atoms with Gasteiger partial charge in [-0.05, 0) is 12.8 Å². The Morgan fingerprint density at radius 2 is 1.93 bits per heavy atom. The Hall–Kier alpha value is -0.890. The topological polar surface area (TPSA) is 37.3 Å². The number of allylic oxidation sites excluding steroid dienone is 1. The van der Waals surface area contributed by atoms with Gasteiger partial charge in [0.15, 0.2) is 0 Å². The summed E-state index contributed by atoms with van der Waals surface area (Å²) >= 11 is 0. The fraction of sp³-hybridized carbons (Fsp3) is 0.583. The second-order valence-corrected chi connectivity index (χ2v) is 2.97. The van der Waals surface area contributed by atoms with Crippen molar-refractivity contribution in [1.29, 1.82) is 0 Å². The fourth-order valence-corrected chi connectivity index (χ4v) is 0.664. The molecule has 0 aromatic heterocycles. The third kappa shape index (κ3) is 13.7. The third-order valence-electron chi connectivity index (χ3n) is 1.68. The molecule has 82 valence electrons. The molecule has 1 unspecified atom stereocenters. The van der Waals surface area contributed by atoms with Gasteiger partial charge in [-0.15, -0.1) is 13.2 Å². The summed E-state index contributed by atoms with van der Waals surface area (Å²) in [4.78, 5) is 10.3. The maximum absolute atomic E-state index is 10.3. The minimum atomic E-state index is -0.169. The minimum Gasteiger partial charge on any atom is -0.393 e. The van der Waals surface area contributed by atoms with Crippen LogP contribution in [0.1, 0.15) is 39.5 Å². The molecular formula is C12H22O2. The number of aliphatic hydroxyl groups is 1. The number of rotatable bonds is 6. The van der Waals surface area contributed by atoms with Crippen molar-refractivity contribution in [1.82, 2.24) is 0 Å². The van der Waals surface area contributed by atoms with E-state index in [2.05, 4.69) is 13.2 Å². The van der Waals surface area contributed by atoms with Crippen LogP contribution in [0, 0.1) is 0 Å². The highest BCUT2D eigenvalue weighted by atomic mass is 16.3. The van der Waals surface area contributed by atoms with Crippen LogP contribution in [-0.2, 0) is 4.79 Å². The van der Waals surface area contributed by atoms with Crippen molar-refractivity contribution in [2.24, 2.45) is 0 Å². The summed E-state index contributed by atoms with van der Waals surface area (Å²) in [6.07, 6.45) is 5.89. The maximum Gasteiger partial charge on any atom is 0.136 e. The van der Waals surface area contributed by atoms with Gasteiger partial charge in [0.2, 0.25) is 0 Å². The average molecular weight is 198 g/mol. The zero-order chi connectivity index (χ0) is 11.4. The first-order chi connectivity index (χ1) is 6.62. The molecule has 2 nitrogen and oxygen atoms in total. The van der Waals surface area contributed by atoms with Crippen LogP contribution in [0.15, 0.2) is 25.3 Å². The smallest absolute Gasteiger partial charge is 0.136 e. The summed E-state index contributed by atoms with van der Waals surface area (Å²) < 4.78 is 0. The predicted octanol–water partition coefficient (Wildman–Crippen LogP) is 2.88. The van der Waals surface area contributed by atoms with E-state index >= 15 is 0 Å². The Labute approximate surface area is 87.3 Å². The summed E-state index contributed by atoms with van der Waals surface area (Å²) in [6.45, 7) is 10.7. The molecule has 0 rings (SSSR count). The number of ketones is 1. The quantitative estimate of drug-likeness (QED) is 0.666. The van der Waals surface area contributed by atoms with E-state index in [-0.39, 0.29) is 11.9 Å². The van der Waals surface area contributed by atoms with E-state index in [1.807, 2.05) is 13.8 Å². The van der Waals surface area contributed by atoms with Gasteiger partial charge < -0.3 is 5.11 Å². The second kappa shape index (κ2) is 12.1. The lowest BCUT2D eigenvalue weighted by Gasteiger charge is -1.99. The Morgan fingerprint density at radius 3 is 2.07 bits per heavy atom. The molecule has 0 aliphatic heterocycles. The lowest BCUT2D eigenvalue weighted by atomic mass is 10.2. The van der Waals surface area contributed by atoms with Crippen LogP contribution in [-0.4, -0.2) is 17.0 Å². The maximum atomic E-state index is 10.3. The number of carbonyl (C=O) groups excluding carboxylic acids is 1. The second-order valence-electron chi connectivity index (χ2n) is 2.97. The Bertz CT molecular complexity index is 162. The third-order valence-corrected chi connectivity index (χ3v) is 1.68.